The van der Waals surface area contributed by atoms with Crippen LogP contribution in [0.25, 0.3) is 0 Å². The Balaban J connectivity index is 1.88. The van der Waals surface area contributed by atoms with E-state index in [1.807, 2.05) is 0 Å². The molecule has 1 fully saturated rings. The minimum absolute atomic E-state index is 0.221. The predicted molar refractivity (Wildman–Crippen MR) is 58.9 cm³/mol. The van der Waals surface area contributed by atoms with E-state index in [9.17, 15) is 4.79 Å². The average Bonchev–Trinajstić information content (AvgIpc) is 2.95. The number of hydrogen-bond acceptors (Lipinski definition) is 4. The summed E-state index contributed by atoms with van der Waals surface area (Å²) in [5.74, 6) is 0.170. The van der Waals surface area contributed by atoms with Gasteiger partial charge in [-0.2, -0.15) is 4.98 Å². The lowest BCUT2D eigenvalue weighted by Gasteiger charge is -2.12. The second-order valence-electron chi connectivity index (χ2n) is 4.52. The van der Waals surface area contributed by atoms with E-state index in [4.69, 9.17) is 9.84 Å². The summed E-state index contributed by atoms with van der Waals surface area (Å²) in [5, 5.41) is 12.3. The Bertz CT molecular complexity index is 420. The monoisotopic (exact) mass is 237 g/mol. The van der Waals surface area contributed by atoms with Gasteiger partial charge in [0.05, 0.1) is 24.3 Å². The Labute approximate surface area is 98.4 Å². The van der Waals surface area contributed by atoms with Crippen LogP contribution in [0.4, 0.5) is 0 Å². The molecule has 0 aliphatic carbocycles. The van der Waals surface area contributed by atoms with Gasteiger partial charge in [0, 0.05) is 0 Å². The van der Waals surface area contributed by atoms with Crippen molar-refractivity contribution in [2.24, 2.45) is 5.92 Å². The number of rotatable bonds is 2. The molecule has 1 saturated heterocycles. The number of aryl methyl sites for hydroxylation is 1. The van der Waals surface area contributed by atoms with Gasteiger partial charge in [-0.05, 0) is 25.8 Å². The highest BCUT2D eigenvalue weighted by Gasteiger charge is 2.36. The van der Waals surface area contributed by atoms with Gasteiger partial charge in [-0.3, -0.25) is 4.79 Å². The van der Waals surface area contributed by atoms with Gasteiger partial charge < -0.3 is 20.1 Å². The molecule has 6 heteroatoms. The van der Waals surface area contributed by atoms with E-state index in [2.05, 4.69) is 15.3 Å². The van der Waals surface area contributed by atoms with Gasteiger partial charge in [-0.1, -0.05) is 0 Å². The summed E-state index contributed by atoms with van der Waals surface area (Å²) in [6.45, 7) is 1.41. The fourth-order valence-corrected chi connectivity index (χ4v) is 2.52. The van der Waals surface area contributed by atoms with Crippen molar-refractivity contribution >= 4 is 5.97 Å². The highest BCUT2D eigenvalue weighted by Crippen LogP contribution is 2.31. The number of H-pyrrole nitrogens is 1. The first-order valence-corrected chi connectivity index (χ1v) is 5.93. The molecule has 1 aromatic rings. The molecule has 2 atom stereocenters. The van der Waals surface area contributed by atoms with Crippen LogP contribution in [0, 0.1) is 5.92 Å². The number of nitrogens with zero attached hydrogens (tertiary/aromatic N) is 1. The van der Waals surface area contributed by atoms with E-state index in [0.717, 1.165) is 18.5 Å². The van der Waals surface area contributed by atoms with Crippen LogP contribution in [-0.2, 0) is 11.2 Å². The third kappa shape index (κ3) is 1.78. The summed E-state index contributed by atoms with van der Waals surface area (Å²) < 4.78 is 5.44. The fraction of sp³-hybridized carbons (Fsp3) is 0.636. The van der Waals surface area contributed by atoms with Crippen LogP contribution in [0.3, 0.4) is 0 Å². The maximum absolute atomic E-state index is 11.1. The van der Waals surface area contributed by atoms with E-state index < -0.39 is 11.9 Å². The van der Waals surface area contributed by atoms with E-state index in [1.165, 1.54) is 0 Å². The molecule has 0 amide bonds. The highest BCUT2D eigenvalue weighted by molar-refractivity contribution is 5.71. The topological polar surface area (TPSA) is 87.2 Å². The number of aromatic amines is 1. The number of imidazole rings is 1. The van der Waals surface area contributed by atoms with Crippen molar-refractivity contribution in [2.75, 3.05) is 13.2 Å². The summed E-state index contributed by atoms with van der Waals surface area (Å²) in [6.07, 6.45) is 2.55. The molecule has 2 aliphatic heterocycles. The number of carbonyl (C=O) groups is 1. The van der Waals surface area contributed by atoms with Crippen molar-refractivity contribution < 1.29 is 14.6 Å². The molecule has 0 radical (unpaired) electrons. The number of nitrogens with one attached hydrogen (secondary N) is 2. The summed E-state index contributed by atoms with van der Waals surface area (Å²) in [6, 6.07) is -0.221. The zero-order chi connectivity index (χ0) is 11.8. The summed E-state index contributed by atoms with van der Waals surface area (Å²) in [5.41, 5.74) is 0.990. The van der Waals surface area contributed by atoms with Crippen LogP contribution in [0.5, 0.6) is 5.88 Å². The van der Waals surface area contributed by atoms with Crippen molar-refractivity contribution in [1.29, 1.82) is 0 Å². The van der Waals surface area contributed by atoms with Crippen molar-refractivity contribution in [2.45, 2.75) is 25.3 Å². The average molecular weight is 237 g/mol. The highest BCUT2D eigenvalue weighted by atomic mass is 16.5. The summed E-state index contributed by atoms with van der Waals surface area (Å²) in [4.78, 5) is 18.7. The zero-order valence-corrected chi connectivity index (χ0v) is 9.40. The Morgan fingerprint density at radius 3 is 3.18 bits per heavy atom. The molecular weight excluding hydrogens is 222 g/mol. The van der Waals surface area contributed by atoms with Crippen LogP contribution in [-0.4, -0.2) is 34.2 Å². The fourth-order valence-electron chi connectivity index (χ4n) is 2.52. The van der Waals surface area contributed by atoms with Crippen LogP contribution in [0.15, 0.2) is 0 Å². The first-order chi connectivity index (χ1) is 8.25. The molecule has 2 unspecified atom stereocenters. The van der Waals surface area contributed by atoms with Crippen LogP contribution in [0.2, 0.25) is 0 Å². The van der Waals surface area contributed by atoms with Crippen molar-refractivity contribution in [3.63, 3.8) is 0 Å². The van der Waals surface area contributed by atoms with Crippen molar-refractivity contribution in [1.82, 2.24) is 15.3 Å². The van der Waals surface area contributed by atoms with E-state index >= 15 is 0 Å². The molecule has 1 aromatic heterocycles. The Kier molecular flexibility index (Phi) is 2.51. The molecule has 0 saturated carbocycles. The van der Waals surface area contributed by atoms with Gasteiger partial charge in [0.1, 0.15) is 5.82 Å². The van der Waals surface area contributed by atoms with Crippen LogP contribution < -0.4 is 10.1 Å². The lowest BCUT2D eigenvalue weighted by Crippen LogP contribution is -2.24. The number of aliphatic carboxylic acids is 1. The Morgan fingerprint density at radius 1 is 1.53 bits per heavy atom. The lowest BCUT2D eigenvalue weighted by atomic mass is 10.0. The van der Waals surface area contributed by atoms with Crippen LogP contribution >= 0.6 is 0 Å². The molecule has 3 N–H and O–H groups in total. The summed E-state index contributed by atoms with van der Waals surface area (Å²) in [7, 11) is 0. The van der Waals surface area contributed by atoms with Gasteiger partial charge in [0.15, 0.2) is 0 Å². The molecule has 6 nitrogen and oxygen atoms in total. The largest absolute Gasteiger partial charge is 0.481 e. The Morgan fingerprint density at radius 2 is 2.41 bits per heavy atom. The number of fused-ring (bicyclic) bond motifs is 1. The zero-order valence-electron chi connectivity index (χ0n) is 9.40. The quantitative estimate of drug-likeness (QED) is 0.696. The minimum atomic E-state index is -0.768. The molecule has 0 bridgehead atoms. The van der Waals surface area contributed by atoms with Gasteiger partial charge in [-0.25, -0.2) is 0 Å². The molecule has 0 aromatic carbocycles. The van der Waals surface area contributed by atoms with Gasteiger partial charge >= 0.3 is 5.97 Å². The predicted octanol–water partition coefficient (Wildman–Crippen LogP) is 0.470. The maximum Gasteiger partial charge on any atom is 0.308 e. The van der Waals surface area contributed by atoms with E-state index in [-0.39, 0.29) is 6.04 Å². The number of aromatic nitrogens is 2. The third-order valence-electron chi connectivity index (χ3n) is 3.40. The van der Waals surface area contributed by atoms with Crippen LogP contribution in [0.1, 0.15) is 30.4 Å². The molecule has 0 spiro atoms. The minimum Gasteiger partial charge on any atom is -0.481 e. The number of hydrogen-bond donors (Lipinski definition) is 3. The first kappa shape index (κ1) is 10.6. The molecule has 2 aliphatic rings. The number of carboxylic acids is 1. The van der Waals surface area contributed by atoms with Gasteiger partial charge in [-0.15, -0.1) is 0 Å². The van der Waals surface area contributed by atoms with E-state index in [1.54, 1.807) is 0 Å². The van der Waals surface area contributed by atoms with Gasteiger partial charge in [0.25, 0.3) is 0 Å². The maximum atomic E-state index is 11.1. The molecule has 92 valence electrons. The standard InChI is InChI=1S/C11H15N3O3/c15-11(16)6-3-4-12-8(6)9-13-7-2-1-5-17-10(7)14-9/h6,8,12H,1-5H2,(H,13,14)(H,15,16). The lowest BCUT2D eigenvalue weighted by molar-refractivity contribution is -0.142. The van der Waals surface area contributed by atoms with Crippen molar-refractivity contribution in [3.8, 4) is 5.88 Å². The third-order valence-corrected chi connectivity index (χ3v) is 3.40. The molecular formula is C11H15N3O3. The SMILES string of the molecule is O=C(O)C1CCNC1c1nc2c([nH]1)CCCO2. The summed E-state index contributed by atoms with van der Waals surface area (Å²) >= 11 is 0. The number of ether oxygens (including phenoxy) is 1. The number of carboxylic acid groups (broad SMARTS) is 1. The first-order valence-electron chi connectivity index (χ1n) is 5.93. The Hall–Kier alpha value is -1.56. The second kappa shape index (κ2) is 4.03. The molecule has 17 heavy (non-hydrogen) atoms. The normalized spacial score (nSPS) is 27.5. The van der Waals surface area contributed by atoms with E-state index in [0.29, 0.717) is 31.3 Å². The van der Waals surface area contributed by atoms with Crippen molar-refractivity contribution in [3.05, 3.63) is 11.5 Å². The second-order valence-corrected chi connectivity index (χ2v) is 4.52. The smallest absolute Gasteiger partial charge is 0.308 e. The molecule has 3 heterocycles. The molecule has 3 rings (SSSR count). The van der Waals surface area contributed by atoms with Gasteiger partial charge in [0.2, 0.25) is 5.88 Å².